The number of phenolic OH excluding ortho intramolecular Hbond substituents is 2. The van der Waals surface area contributed by atoms with Crippen LogP contribution in [0, 0.1) is 5.92 Å². The fourth-order valence-corrected chi connectivity index (χ4v) is 9.65. The number of hydrogen-bond donors (Lipinski definition) is 5. The molecule has 10 heteroatoms. The van der Waals surface area contributed by atoms with Gasteiger partial charge in [-0.2, -0.15) is 6.20 Å². The fraction of sp³-hybridized carbons (Fsp3) is 0.347. The molecule has 304 valence electrons. The second-order valence-corrected chi connectivity index (χ2v) is 16.8. The average Bonchev–Trinajstić information content (AvgIpc) is 4.00. The predicted octanol–water partition coefficient (Wildman–Crippen LogP) is 8.43. The minimum atomic E-state index is -1.32. The molecule has 59 heavy (non-hydrogen) atoms. The number of carbonyl (C=O) groups is 2. The number of aromatic hydroxyl groups is 2. The number of nitrogens with one attached hydrogen (secondary N) is 1. The maximum absolute atomic E-state index is 14.7. The van der Waals surface area contributed by atoms with Gasteiger partial charge in [-0.1, -0.05) is 89.9 Å². The van der Waals surface area contributed by atoms with Crippen molar-refractivity contribution in [2.75, 3.05) is 6.54 Å². The van der Waals surface area contributed by atoms with Crippen LogP contribution in [-0.2, 0) is 28.9 Å². The third-order valence-electron chi connectivity index (χ3n) is 12.8. The van der Waals surface area contributed by atoms with Gasteiger partial charge in [0, 0.05) is 23.5 Å². The minimum absolute atomic E-state index is 0.0444. The Morgan fingerprint density at radius 2 is 1.73 bits per heavy atom. The first-order valence-electron chi connectivity index (χ1n) is 20.8. The summed E-state index contributed by atoms with van der Waals surface area (Å²) in [5.74, 6) is -0.764. The maximum Gasteiger partial charge on any atom is 0.163 e. The number of carbonyl (C=O) groups excluding carboxylic acids is 2. The summed E-state index contributed by atoms with van der Waals surface area (Å²) >= 11 is 0. The van der Waals surface area contributed by atoms with E-state index in [0.29, 0.717) is 47.3 Å². The number of fused-ring (bicyclic) bond motifs is 8. The second-order valence-electron chi connectivity index (χ2n) is 16.8. The Balaban J connectivity index is 1.08. The highest BCUT2D eigenvalue weighted by atomic mass is 16.5. The molecule has 4 atom stereocenters. The van der Waals surface area contributed by atoms with Crippen molar-refractivity contribution < 1.29 is 34.8 Å². The first kappa shape index (κ1) is 38.7. The molecule has 0 radical (unpaired) electrons. The molecule has 0 spiro atoms. The van der Waals surface area contributed by atoms with E-state index in [2.05, 4.69) is 9.97 Å². The SMILES string of the molecule is O=C1CCc2cc(OC3CCCC3)c(O)c(c2)[C@@H](O)c2cccc(c2)Cc2cc[nH]c2[N-]CC2=Cc3[n-]ccc3[C@H](C[C@]3(O)C=Cc4c(O)cccc4CC3)[C@@H]2C(=O)C1. The van der Waals surface area contributed by atoms with Gasteiger partial charge in [-0.3, -0.25) is 9.59 Å². The highest BCUT2D eigenvalue weighted by Crippen LogP contribution is 2.47. The number of hydrogen-bond acceptors (Lipinski definition) is 7. The molecule has 3 aromatic carbocycles. The molecule has 1 saturated carbocycles. The van der Waals surface area contributed by atoms with Gasteiger partial charge in [0.25, 0.3) is 0 Å². The van der Waals surface area contributed by atoms with Crippen LogP contribution in [-0.4, -0.2) is 55.2 Å². The molecule has 1 fully saturated rings. The van der Waals surface area contributed by atoms with Crippen LogP contribution in [0.15, 0.2) is 90.8 Å². The molecule has 3 heterocycles. The zero-order valence-electron chi connectivity index (χ0n) is 32.9. The minimum Gasteiger partial charge on any atom is -0.664 e. The van der Waals surface area contributed by atoms with Crippen LogP contribution in [0.25, 0.3) is 17.5 Å². The van der Waals surface area contributed by atoms with E-state index >= 15 is 0 Å². The second kappa shape index (κ2) is 16.1. The lowest BCUT2D eigenvalue weighted by molar-refractivity contribution is -0.129. The number of benzene rings is 3. The lowest BCUT2D eigenvalue weighted by Gasteiger charge is -2.39. The first-order valence-corrected chi connectivity index (χ1v) is 20.8. The molecule has 4 aliphatic rings. The zero-order valence-corrected chi connectivity index (χ0v) is 32.9. The topological polar surface area (TPSA) is 168 Å². The highest BCUT2D eigenvalue weighted by Gasteiger charge is 2.40. The van der Waals surface area contributed by atoms with Crippen LogP contribution in [0.5, 0.6) is 17.2 Å². The summed E-state index contributed by atoms with van der Waals surface area (Å²) in [6.07, 6.45) is 13.3. The summed E-state index contributed by atoms with van der Waals surface area (Å²) in [7, 11) is 0. The summed E-state index contributed by atoms with van der Waals surface area (Å²) in [5.41, 5.74) is 6.07. The van der Waals surface area contributed by atoms with E-state index in [1.807, 2.05) is 54.7 Å². The first-order chi connectivity index (χ1) is 28.6. The van der Waals surface area contributed by atoms with Gasteiger partial charge in [0.1, 0.15) is 23.4 Å². The van der Waals surface area contributed by atoms with Crippen LogP contribution in [0.4, 0.5) is 5.82 Å². The molecule has 0 unspecified atom stereocenters. The quantitative estimate of drug-likeness (QED) is 0.113. The molecule has 5 N–H and O–H groups in total. The number of ether oxygens (including phenoxy) is 1. The van der Waals surface area contributed by atoms with E-state index in [0.717, 1.165) is 59.2 Å². The molecule has 2 aromatic heterocycles. The Kier molecular flexibility index (Phi) is 10.5. The van der Waals surface area contributed by atoms with E-state index in [1.54, 1.807) is 42.6 Å². The number of ketones is 2. The van der Waals surface area contributed by atoms with Crippen molar-refractivity contribution >= 4 is 29.5 Å². The van der Waals surface area contributed by atoms with E-state index < -0.39 is 23.5 Å². The Morgan fingerprint density at radius 1 is 0.881 bits per heavy atom. The Morgan fingerprint density at radius 3 is 2.59 bits per heavy atom. The number of aliphatic hydroxyl groups is 2. The van der Waals surface area contributed by atoms with Gasteiger partial charge in [-0.05, 0) is 116 Å². The van der Waals surface area contributed by atoms with Crippen LogP contribution < -0.4 is 9.72 Å². The van der Waals surface area contributed by atoms with Crippen molar-refractivity contribution in [3.05, 3.63) is 146 Å². The number of rotatable bonds is 4. The molecule has 10 nitrogen and oxygen atoms in total. The summed E-state index contributed by atoms with van der Waals surface area (Å²) in [5, 5.41) is 51.2. The summed E-state index contributed by atoms with van der Waals surface area (Å²) in [4.78, 5) is 36.6. The van der Waals surface area contributed by atoms with Crippen LogP contribution in [0.1, 0.15) is 114 Å². The van der Waals surface area contributed by atoms with Gasteiger partial charge >= 0.3 is 0 Å². The third kappa shape index (κ3) is 7.99. The van der Waals surface area contributed by atoms with Crippen molar-refractivity contribution in [3.8, 4) is 17.2 Å². The summed E-state index contributed by atoms with van der Waals surface area (Å²) in [6, 6.07) is 20.4. The zero-order chi connectivity index (χ0) is 40.7. The third-order valence-corrected chi connectivity index (χ3v) is 12.8. The number of H-pyrrole nitrogens is 1. The van der Waals surface area contributed by atoms with E-state index in [9.17, 15) is 30.0 Å². The van der Waals surface area contributed by atoms with Crippen LogP contribution in [0.3, 0.4) is 0 Å². The predicted molar refractivity (Wildman–Crippen MR) is 225 cm³/mol. The molecule has 5 aromatic rings. The molecule has 3 aliphatic carbocycles. The number of aryl methyl sites for hydroxylation is 2. The normalized spacial score (nSPS) is 23.6. The molecule has 0 amide bonds. The van der Waals surface area contributed by atoms with Gasteiger partial charge < -0.3 is 40.4 Å². The number of phenols is 2. The van der Waals surface area contributed by atoms with E-state index in [-0.39, 0.29) is 67.1 Å². The van der Waals surface area contributed by atoms with Gasteiger partial charge in [0.2, 0.25) is 0 Å². The monoisotopic (exact) mass is 791 g/mol. The lowest BCUT2D eigenvalue weighted by Crippen LogP contribution is -2.36. The largest absolute Gasteiger partial charge is 0.664 e. The van der Waals surface area contributed by atoms with Crippen molar-refractivity contribution in [2.45, 2.75) is 94.4 Å². The van der Waals surface area contributed by atoms with Gasteiger partial charge in [-0.15, -0.1) is 5.69 Å². The van der Waals surface area contributed by atoms with Crippen molar-refractivity contribution in [2.24, 2.45) is 5.92 Å². The number of aliphatic hydroxyl groups excluding tert-OH is 1. The Hall–Kier alpha value is -5.84. The van der Waals surface area contributed by atoms with E-state index in [4.69, 9.17) is 10.1 Å². The van der Waals surface area contributed by atoms with Crippen molar-refractivity contribution in [1.82, 2.24) is 9.97 Å². The molecular weight excluding hydrogens is 743 g/mol. The summed E-state index contributed by atoms with van der Waals surface area (Å²) < 4.78 is 6.32. The highest BCUT2D eigenvalue weighted by molar-refractivity contribution is 6.02. The smallest absolute Gasteiger partial charge is 0.163 e. The van der Waals surface area contributed by atoms with E-state index in [1.165, 1.54) is 0 Å². The molecule has 4 bridgehead atoms. The standard InChI is InChI=1S/C49H49N3O7/c53-35-12-11-30-23-39(47(57)44(24-30)59-36-8-1-2-9-36)46(56)32-7-3-5-29(21-32)22-33-15-19-51-48(33)52-28-34-25-41-38(16-20-50-41)40(45(34)43(55)26-35)27-49(58)17-13-31-6-4-10-42(54)37(31)14-18-49/h3-7,10,14-16,18-21,23-25,36,40,45-46,51,54,56-58H,1-2,8-9,11-13,17,22,26-28H2/q-2/t40-,45+,46-,49+/m0/s1. The van der Waals surface area contributed by atoms with Crippen molar-refractivity contribution in [1.29, 1.82) is 0 Å². The number of nitrogens with zero attached hydrogens (tertiary/aromatic N) is 2. The molecule has 9 rings (SSSR count). The van der Waals surface area contributed by atoms with Gasteiger partial charge in [0.05, 0.1) is 18.1 Å². The fourth-order valence-electron chi connectivity index (χ4n) is 9.65. The van der Waals surface area contributed by atoms with Crippen LogP contribution in [0.2, 0.25) is 0 Å². The van der Waals surface area contributed by atoms with Gasteiger partial charge in [-0.25, -0.2) is 0 Å². The molecule has 1 aliphatic heterocycles. The average molecular weight is 792 g/mol. The number of aromatic amines is 1. The van der Waals surface area contributed by atoms with Gasteiger partial charge in [0.15, 0.2) is 11.5 Å². The Bertz CT molecular complexity index is 2450. The maximum atomic E-state index is 14.7. The lowest BCUT2D eigenvalue weighted by atomic mass is 9.68. The van der Waals surface area contributed by atoms with Crippen LogP contribution >= 0.6 is 0 Å². The molecular formula is C49H49N3O7-2. The number of aromatic nitrogens is 2. The van der Waals surface area contributed by atoms with Crippen molar-refractivity contribution in [3.63, 3.8) is 0 Å². The number of Topliss-reactive ketones (excluding diaryl/α,β-unsaturated/α-hetero) is 2. The summed E-state index contributed by atoms with van der Waals surface area (Å²) in [6.45, 7) is 0.169. The molecule has 0 saturated heterocycles. The Labute approximate surface area is 343 Å².